The van der Waals surface area contributed by atoms with Crippen LogP contribution in [0.4, 0.5) is 4.79 Å². The Labute approximate surface area is 170 Å². The van der Waals surface area contributed by atoms with Gasteiger partial charge in [0.1, 0.15) is 5.00 Å². The number of nitrogens with one attached hydrogen (secondary N) is 2. The molecule has 0 saturated carbocycles. The van der Waals surface area contributed by atoms with Crippen LogP contribution < -0.4 is 10.6 Å². The number of urea groups is 1. The van der Waals surface area contributed by atoms with Gasteiger partial charge >= 0.3 is 6.03 Å². The van der Waals surface area contributed by atoms with E-state index in [1.807, 2.05) is 53.8 Å². The summed E-state index contributed by atoms with van der Waals surface area (Å²) in [5, 5.41) is 7.23. The summed E-state index contributed by atoms with van der Waals surface area (Å²) in [4.78, 5) is 16.2. The van der Waals surface area contributed by atoms with Crippen LogP contribution in [-0.4, -0.2) is 28.6 Å². The molecule has 2 N–H and O–H groups in total. The lowest BCUT2D eigenvalue weighted by Gasteiger charge is -2.25. The summed E-state index contributed by atoms with van der Waals surface area (Å²) in [7, 11) is 0. The molecule has 1 aromatic carbocycles. The summed E-state index contributed by atoms with van der Waals surface area (Å²) in [5.74, 6) is 0. The van der Waals surface area contributed by atoms with Crippen molar-refractivity contribution in [1.29, 1.82) is 0 Å². The summed E-state index contributed by atoms with van der Waals surface area (Å²) >= 11 is 1.85. The van der Waals surface area contributed by atoms with Crippen molar-refractivity contribution in [3.8, 4) is 5.00 Å². The zero-order valence-electron chi connectivity index (χ0n) is 16.1. The van der Waals surface area contributed by atoms with Gasteiger partial charge in [-0.25, -0.2) is 4.79 Å². The van der Waals surface area contributed by atoms with E-state index in [0.717, 1.165) is 31.6 Å². The molecule has 0 spiro atoms. The van der Waals surface area contributed by atoms with Crippen molar-refractivity contribution in [3.05, 3.63) is 76.4 Å². The van der Waals surface area contributed by atoms with Crippen LogP contribution in [0.1, 0.15) is 28.5 Å². The SMILES string of the molecule is CCN1CCc2c(sc(-n3cccc3)c2CNC(=O)NCc2ccccc2)C1. The number of nitrogens with zero attached hydrogens (tertiary/aromatic N) is 2. The minimum atomic E-state index is -0.131. The van der Waals surface area contributed by atoms with Gasteiger partial charge in [0.25, 0.3) is 0 Å². The Kier molecular flexibility index (Phi) is 5.78. The van der Waals surface area contributed by atoms with E-state index >= 15 is 0 Å². The first-order chi connectivity index (χ1) is 13.7. The number of hydrogen-bond acceptors (Lipinski definition) is 3. The third-order valence-corrected chi connectivity index (χ3v) is 6.50. The minimum Gasteiger partial charge on any atom is -0.334 e. The van der Waals surface area contributed by atoms with Gasteiger partial charge in [0.2, 0.25) is 0 Å². The zero-order valence-corrected chi connectivity index (χ0v) is 17.0. The normalized spacial score (nSPS) is 13.9. The molecular weight excluding hydrogens is 368 g/mol. The molecule has 146 valence electrons. The molecule has 3 heterocycles. The zero-order chi connectivity index (χ0) is 19.3. The number of thiophene rings is 1. The second-order valence-corrected chi connectivity index (χ2v) is 8.10. The number of fused-ring (bicyclic) bond motifs is 1. The molecule has 0 aliphatic carbocycles. The molecule has 2 amide bonds. The van der Waals surface area contributed by atoms with Crippen LogP contribution in [0.15, 0.2) is 54.9 Å². The molecule has 4 rings (SSSR count). The Morgan fingerprint density at radius 3 is 2.57 bits per heavy atom. The summed E-state index contributed by atoms with van der Waals surface area (Å²) in [6, 6.07) is 13.9. The average Bonchev–Trinajstić information content (AvgIpc) is 3.38. The van der Waals surface area contributed by atoms with E-state index in [1.165, 1.54) is 21.0 Å². The van der Waals surface area contributed by atoms with Gasteiger partial charge in [-0.15, -0.1) is 11.3 Å². The Balaban J connectivity index is 1.47. The van der Waals surface area contributed by atoms with Crippen LogP contribution in [0.3, 0.4) is 0 Å². The van der Waals surface area contributed by atoms with Gasteiger partial charge in [0.15, 0.2) is 0 Å². The van der Waals surface area contributed by atoms with Crippen molar-refractivity contribution in [2.24, 2.45) is 0 Å². The van der Waals surface area contributed by atoms with Gasteiger partial charge in [-0.2, -0.15) is 0 Å². The fourth-order valence-electron chi connectivity index (χ4n) is 3.65. The summed E-state index contributed by atoms with van der Waals surface area (Å²) in [6.07, 6.45) is 5.20. The average molecular weight is 395 g/mol. The fourth-order valence-corrected chi connectivity index (χ4v) is 5.02. The molecular formula is C22H26N4OS. The highest BCUT2D eigenvalue weighted by atomic mass is 32.1. The third-order valence-electron chi connectivity index (χ3n) is 5.23. The maximum absolute atomic E-state index is 12.3. The molecule has 6 heteroatoms. The molecule has 2 aromatic heterocycles. The van der Waals surface area contributed by atoms with Crippen LogP contribution in [-0.2, 0) is 26.1 Å². The maximum Gasteiger partial charge on any atom is 0.315 e. The van der Waals surface area contributed by atoms with Gasteiger partial charge in [-0.05, 0) is 36.2 Å². The topological polar surface area (TPSA) is 49.3 Å². The number of amides is 2. The second-order valence-electron chi connectivity index (χ2n) is 7.02. The van der Waals surface area contributed by atoms with Gasteiger partial charge in [-0.3, -0.25) is 4.90 Å². The van der Waals surface area contributed by atoms with Crippen molar-refractivity contribution in [2.75, 3.05) is 13.1 Å². The molecule has 0 unspecified atom stereocenters. The van der Waals surface area contributed by atoms with Crippen molar-refractivity contribution in [1.82, 2.24) is 20.1 Å². The van der Waals surface area contributed by atoms with E-state index in [-0.39, 0.29) is 6.03 Å². The number of benzene rings is 1. The van der Waals surface area contributed by atoms with E-state index in [1.54, 1.807) is 0 Å². The van der Waals surface area contributed by atoms with Crippen molar-refractivity contribution in [3.63, 3.8) is 0 Å². The van der Waals surface area contributed by atoms with Crippen molar-refractivity contribution < 1.29 is 4.79 Å². The Bertz CT molecular complexity index is 918. The predicted molar refractivity (Wildman–Crippen MR) is 114 cm³/mol. The van der Waals surface area contributed by atoms with E-state index < -0.39 is 0 Å². The summed E-state index contributed by atoms with van der Waals surface area (Å²) in [5.41, 5.74) is 3.77. The van der Waals surface area contributed by atoms with Crippen LogP contribution in [0, 0.1) is 0 Å². The molecule has 3 aromatic rings. The Morgan fingerprint density at radius 2 is 1.82 bits per heavy atom. The first-order valence-electron chi connectivity index (χ1n) is 9.79. The van der Waals surface area contributed by atoms with Crippen LogP contribution in [0.5, 0.6) is 0 Å². The second kappa shape index (κ2) is 8.63. The van der Waals surface area contributed by atoms with Crippen LogP contribution in [0.25, 0.3) is 5.00 Å². The Hall–Kier alpha value is -2.57. The largest absolute Gasteiger partial charge is 0.334 e. The molecule has 0 fully saturated rings. The molecule has 0 radical (unpaired) electrons. The number of hydrogen-bond donors (Lipinski definition) is 2. The first kappa shape index (κ1) is 18.8. The number of carbonyl (C=O) groups excluding carboxylic acids is 1. The highest BCUT2D eigenvalue weighted by molar-refractivity contribution is 7.14. The summed E-state index contributed by atoms with van der Waals surface area (Å²) in [6.45, 7) is 6.45. The highest BCUT2D eigenvalue weighted by Gasteiger charge is 2.24. The monoisotopic (exact) mass is 394 g/mol. The number of likely N-dealkylation sites (N-methyl/N-ethyl adjacent to an activating group) is 1. The number of rotatable bonds is 6. The van der Waals surface area contributed by atoms with Crippen molar-refractivity contribution >= 4 is 17.4 Å². The van der Waals surface area contributed by atoms with Crippen molar-refractivity contribution in [2.45, 2.75) is 33.0 Å². The molecule has 28 heavy (non-hydrogen) atoms. The highest BCUT2D eigenvalue weighted by Crippen LogP contribution is 2.35. The molecule has 1 aliphatic heterocycles. The van der Waals surface area contributed by atoms with Crippen LogP contribution >= 0.6 is 11.3 Å². The molecule has 0 bridgehead atoms. The van der Waals surface area contributed by atoms with Gasteiger partial charge < -0.3 is 15.2 Å². The van der Waals surface area contributed by atoms with E-state index in [4.69, 9.17) is 0 Å². The molecule has 0 atom stereocenters. The molecule has 0 saturated heterocycles. The quantitative estimate of drug-likeness (QED) is 0.666. The fraction of sp³-hybridized carbons (Fsp3) is 0.318. The van der Waals surface area contributed by atoms with Gasteiger partial charge in [-0.1, -0.05) is 37.3 Å². The number of carbonyl (C=O) groups is 1. The maximum atomic E-state index is 12.3. The van der Waals surface area contributed by atoms with E-state index in [9.17, 15) is 4.79 Å². The lowest BCUT2D eigenvalue weighted by atomic mass is 10.0. The lowest BCUT2D eigenvalue weighted by Crippen LogP contribution is -2.35. The molecule has 1 aliphatic rings. The predicted octanol–water partition coefficient (Wildman–Crippen LogP) is 3.92. The standard InChI is InChI=1S/C22H26N4OS/c1-2-25-13-10-18-19(21(28-20(18)16-25)26-11-6-7-12-26)15-24-22(27)23-14-17-8-4-3-5-9-17/h3-9,11-12H,2,10,13-16H2,1H3,(H2,23,24,27). The lowest BCUT2D eigenvalue weighted by molar-refractivity contribution is 0.240. The van der Waals surface area contributed by atoms with E-state index in [2.05, 4.69) is 39.4 Å². The van der Waals surface area contributed by atoms with E-state index in [0.29, 0.717) is 13.1 Å². The smallest absolute Gasteiger partial charge is 0.315 e. The first-order valence-corrected chi connectivity index (χ1v) is 10.6. The van der Waals surface area contributed by atoms with Gasteiger partial charge in [0.05, 0.1) is 0 Å². The van der Waals surface area contributed by atoms with Gasteiger partial charge in [0, 0.05) is 49.0 Å². The Morgan fingerprint density at radius 1 is 1.07 bits per heavy atom. The molecule has 5 nitrogen and oxygen atoms in total. The summed E-state index contributed by atoms with van der Waals surface area (Å²) < 4.78 is 2.16. The van der Waals surface area contributed by atoms with Crippen LogP contribution in [0.2, 0.25) is 0 Å². The third kappa shape index (κ3) is 4.13. The minimum absolute atomic E-state index is 0.131. The number of aromatic nitrogens is 1.